The molecule has 0 radical (unpaired) electrons. The number of benzene rings is 1. The highest BCUT2D eigenvalue weighted by molar-refractivity contribution is 6.31. The van der Waals surface area contributed by atoms with Gasteiger partial charge in [0.15, 0.2) is 0 Å². The van der Waals surface area contributed by atoms with Crippen LogP contribution in [0, 0.1) is 0 Å². The third-order valence-corrected chi connectivity index (χ3v) is 3.90. The molecule has 6 heteroatoms. The van der Waals surface area contributed by atoms with Crippen molar-refractivity contribution in [2.75, 3.05) is 11.9 Å². The van der Waals surface area contributed by atoms with E-state index >= 15 is 0 Å². The summed E-state index contributed by atoms with van der Waals surface area (Å²) in [6, 6.07) is 10.2. The number of carboxylic acids is 1. The SMILES string of the molecule is CC(c1ccccc1Cl)N(C)c1nc(Cl)ccc1C(=O)O. The number of carboxylic acid groups (broad SMARTS) is 1. The maximum atomic E-state index is 11.3. The van der Waals surface area contributed by atoms with Crippen molar-refractivity contribution in [3.8, 4) is 0 Å². The van der Waals surface area contributed by atoms with Crippen molar-refractivity contribution in [3.63, 3.8) is 0 Å². The molecule has 1 unspecified atom stereocenters. The lowest BCUT2D eigenvalue weighted by molar-refractivity contribution is 0.0697. The highest BCUT2D eigenvalue weighted by Crippen LogP contribution is 2.31. The molecule has 0 aliphatic carbocycles. The molecule has 0 bridgehead atoms. The number of hydrogen-bond donors (Lipinski definition) is 1. The molecule has 1 N–H and O–H groups in total. The molecular weight excluding hydrogens is 311 g/mol. The third-order valence-electron chi connectivity index (χ3n) is 3.34. The van der Waals surface area contributed by atoms with Crippen LogP contribution in [0.4, 0.5) is 5.82 Å². The van der Waals surface area contributed by atoms with Crippen LogP contribution in [0.5, 0.6) is 0 Å². The van der Waals surface area contributed by atoms with Gasteiger partial charge < -0.3 is 10.0 Å². The van der Waals surface area contributed by atoms with E-state index in [4.69, 9.17) is 23.2 Å². The Morgan fingerprint density at radius 2 is 1.90 bits per heavy atom. The fourth-order valence-corrected chi connectivity index (χ4v) is 2.50. The molecule has 0 saturated heterocycles. The van der Waals surface area contributed by atoms with E-state index in [1.165, 1.54) is 12.1 Å². The number of aromatic carboxylic acids is 1. The molecule has 21 heavy (non-hydrogen) atoms. The van der Waals surface area contributed by atoms with E-state index in [2.05, 4.69) is 4.98 Å². The molecule has 0 saturated carbocycles. The molecule has 4 nitrogen and oxygen atoms in total. The molecular formula is C15H14Cl2N2O2. The summed E-state index contributed by atoms with van der Waals surface area (Å²) in [4.78, 5) is 17.2. The average Bonchev–Trinajstić information content (AvgIpc) is 2.45. The molecule has 0 aliphatic heterocycles. The van der Waals surface area contributed by atoms with Crippen LogP contribution < -0.4 is 4.90 Å². The lowest BCUT2D eigenvalue weighted by Crippen LogP contribution is -2.25. The van der Waals surface area contributed by atoms with Crippen LogP contribution in [0.2, 0.25) is 10.2 Å². The fourth-order valence-electron chi connectivity index (χ4n) is 2.07. The van der Waals surface area contributed by atoms with Gasteiger partial charge in [0, 0.05) is 12.1 Å². The van der Waals surface area contributed by atoms with Crippen LogP contribution in [0.25, 0.3) is 0 Å². The van der Waals surface area contributed by atoms with Gasteiger partial charge in [-0.3, -0.25) is 0 Å². The van der Waals surface area contributed by atoms with Gasteiger partial charge in [-0.05, 0) is 30.7 Å². The van der Waals surface area contributed by atoms with Gasteiger partial charge in [0.2, 0.25) is 0 Å². The van der Waals surface area contributed by atoms with Crippen molar-refractivity contribution < 1.29 is 9.90 Å². The summed E-state index contributed by atoms with van der Waals surface area (Å²) in [5.74, 6) is -0.741. The van der Waals surface area contributed by atoms with Crippen LogP contribution >= 0.6 is 23.2 Å². The standard InChI is InChI=1S/C15H14Cl2N2O2/c1-9(10-5-3-4-6-12(10)16)19(2)14-11(15(20)21)7-8-13(17)18-14/h3-9H,1-2H3,(H,20,21). The van der Waals surface area contributed by atoms with Crippen LogP contribution in [0.1, 0.15) is 28.9 Å². The first-order chi connectivity index (χ1) is 9.91. The summed E-state index contributed by atoms with van der Waals surface area (Å²) in [5.41, 5.74) is 0.987. The Bertz CT molecular complexity index is 676. The number of carbonyl (C=O) groups is 1. The zero-order chi connectivity index (χ0) is 15.6. The Labute approximate surface area is 132 Å². The molecule has 2 rings (SSSR count). The number of anilines is 1. The second kappa shape index (κ2) is 6.33. The molecule has 1 aromatic carbocycles. The quantitative estimate of drug-likeness (QED) is 0.852. The fraction of sp³-hybridized carbons (Fsp3) is 0.200. The van der Waals surface area contributed by atoms with E-state index in [9.17, 15) is 9.90 Å². The van der Waals surface area contributed by atoms with Crippen LogP contribution in [-0.4, -0.2) is 23.1 Å². The molecule has 0 aliphatic rings. The largest absolute Gasteiger partial charge is 0.478 e. The van der Waals surface area contributed by atoms with Crippen molar-refractivity contribution in [1.82, 2.24) is 4.98 Å². The van der Waals surface area contributed by atoms with Crippen LogP contribution in [0.3, 0.4) is 0 Å². The van der Waals surface area contributed by atoms with Gasteiger partial charge in [0.1, 0.15) is 16.5 Å². The molecule has 2 aromatic rings. The number of hydrogen-bond acceptors (Lipinski definition) is 3. The van der Waals surface area contributed by atoms with Crippen molar-refractivity contribution in [2.45, 2.75) is 13.0 Å². The summed E-state index contributed by atoms with van der Waals surface area (Å²) in [6.07, 6.45) is 0. The van der Waals surface area contributed by atoms with E-state index in [0.717, 1.165) is 5.56 Å². The normalized spacial score (nSPS) is 12.0. The van der Waals surface area contributed by atoms with E-state index in [-0.39, 0.29) is 16.8 Å². The van der Waals surface area contributed by atoms with E-state index in [1.807, 2.05) is 25.1 Å². The van der Waals surface area contributed by atoms with Crippen LogP contribution in [-0.2, 0) is 0 Å². The third kappa shape index (κ3) is 3.28. The predicted octanol–water partition coefficient (Wildman–Crippen LogP) is 4.28. The topological polar surface area (TPSA) is 53.4 Å². The van der Waals surface area contributed by atoms with Crippen molar-refractivity contribution in [2.24, 2.45) is 0 Å². The minimum Gasteiger partial charge on any atom is -0.478 e. The average molecular weight is 325 g/mol. The Kier molecular flexibility index (Phi) is 4.70. The maximum Gasteiger partial charge on any atom is 0.339 e. The minimum absolute atomic E-state index is 0.0980. The lowest BCUT2D eigenvalue weighted by Gasteiger charge is -2.28. The summed E-state index contributed by atoms with van der Waals surface area (Å²) in [5, 5.41) is 10.1. The van der Waals surface area contributed by atoms with Gasteiger partial charge in [0.25, 0.3) is 0 Å². The van der Waals surface area contributed by atoms with E-state index in [0.29, 0.717) is 10.8 Å². The van der Waals surface area contributed by atoms with E-state index < -0.39 is 5.97 Å². The second-order valence-electron chi connectivity index (χ2n) is 4.62. The lowest BCUT2D eigenvalue weighted by atomic mass is 10.1. The van der Waals surface area contributed by atoms with Crippen molar-refractivity contribution >= 4 is 35.0 Å². The first-order valence-electron chi connectivity index (χ1n) is 6.29. The number of halogens is 2. The Morgan fingerprint density at radius 1 is 1.24 bits per heavy atom. The number of pyridine rings is 1. The molecule has 1 heterocycles. The molecule has 0 spiro atoms. The Balaban J connectivity index is 2.44. The summed E-state index contributed by atoms with van der Waals surface area (Å²) in [6.45, 7) is 1.93. The Hall–Kier alpha value is -1.78. The summed E-state index contributed by atoms with van der Waals surface area (Å²) in [7, 11) is 1.76. The molecule has 0 amide bonds. The summed E-state index contributed by atoms with van der Waals surface area (Å²) >= 11 is 12.1. The number of rotatable bonds is 4. The maximum absolute atomic E-state index is 11.3. The smallest absolute Gasteiger partial charge is 0.339 e. The summed E-state index contributed by atoms with van der Waals surface area (Å²) < 4.78 is 0. The van der Waals surface area contributed by atoms with Gasteiger partial charge in [-0.15, -0.1) is 0 Å². The van der Waals surface area contributed by atoms with Gasteiger partial charge in [-0.1, -0.05) is 41.4 Å². The molecule has 1 aromatic heterocycles. The Morgan fingerprint density at radius 3 is 2.52 bits per heavy atom. The first-order valence-corrected chi connectivity index (χ1v) is 7.04. The van der Waals surface area contributed by atoms with Gasteiger partial charge in [-0.2, -0.15) is 0 Å². The zero-order valence-corrected chi connectivity index (χ0v) is 13.1. The monoisotopic (exact) mass is 324 g/mol. The van der Waals surface area contributed by atoms with Crippen LogP contribution in [0.15, 0.2) is 36.4 Å². The van der Waals surface area contributed by atoms with Gasteiger partial charge in [-0.25, -0.2) is 9.78 Å². The van der Waals surface area contributed by atoms with Gasteiger partial charge in [0.05, 0.1) is 6.04 Å². The molecule has 110 valence electrons. The van der Waals surface area contributed by atoms with E-state index in [1.54, 1.807) is 18.0 Å². The van der Waals surface area contributed by atoms with Gasteiger partial charge >= 0.3 is 5.97 Å². The minimum atomic E-state index is -1.05. The highest BCUT2D eigenvalue weighted by atomic mass is 35.5. The molecule has 1 atom stereocenters. The highest BCUT2D eigenvalue weighted by Gasteiger charge is 2.21. The number of nitrogens with zero attached hydrogens (tertiary/aromatic N) is 2. The number of aromatic nitrogens is 1. The molecule has 0 fully saturated rings. The zero-order valence-electron chi connectivity index (χ0n) is 11.5. The van der Waals surface area contributed by atoms with Crippen molar-refractivity contribution in [3.05, 3.63) is 57.7 Å². The predicted molar refractivity (Wildman–Crippen MR) is 84.5 cm³/mol. The first kappa shape index (κ1) is 15.6. The van der Waals surface area contributed by atoms with Crippen molar-refractivity contribution in [1.29, 1.82) is 0 Å². The second-order valence-corrected chi connectivity index (χ2v) is 5.41.